The zero-order valence-corrected chi connectivity index (χ0v) is 21.4. The number of rotatable bonds is 6. The lowest BCUT2D eigenvalue weighted by atomic mass is 9.82. The lowest BCUT2D eigenvalue weighted by Crippen LogP contribution is -2.69. The molecule has 0 aliphatic rings. The third-order valence-electron chi connectivity index (χ3n) is 6.32. The average Bonchev–Trinajstić information content (AvgIpc) is 2.85. The minimum atomic E-state index is -2.66. The van der Waals surface area contributed by atoms with E-state index >= 15 is 0 Å². The monoisotopic (exact) mass is 466 g/mol. The highest BCUT2D eigenvalue weighted by molar-refractivity contribution is 7.17. The Morgan fingerprint density at radius 1 is 0.576 bits per heavy atom. The lowest BCUT2D eigenvalue weighted by molar-refractivity contribution is 0.565. The molecule has 4 rings (SSSR count). The summed E-state index contributed by atoms with van der Waals surface area (Å²) in [5.74, 6) is 0.479. The summed E-state index contributed by atoms with van der Waals surface area (Å²) in [5, 5.41) is 5.42. The molecule has 0 saturated carbocycles. The Morgan fingerprint density at radius 3 is 1.21 bits per heavy atom. The van der Waals surface area contributed by atoms with E-state index in [2.05, 4.69) is 142 Å². The van der Waals surface area contributed by atoms with Crippen LogP contribution in [0.3, 0.4) is 0 Å². The zero-order chi connectivity index (χ0) is 23.3. The van der Waals surface area contributed by atoms with Crippen LogP contribution in [-0.4, -0.2) is 14.0 Å². The Balaban J connectivity index is 2.24. The topological polar surface area (TPSA) is 0 Å². The van der Waals surface area contributed by atoms with E-state index in [1.165, 1.54) is 31.9 Å². The molecular weight excluding hydrogens is 436 g/mol. The molecule has 166 valence electrons. The van der Waals surface area contributed by atoms with Crippen molar-refractivity contribution >= 4 is 40.8 Å². The van der Waals surface area contributed by atoms with Gasteiger partial charge in [0.1, 0.15) is 0 Å². The molecule has 0 bridgehead atoms. The fraction of sp³-hybridized carbons (Fsp3) is 0.161. The largest absolute Gasteiger partial charge is 0.177 e. The van der Waals surface area contributed by atoms with Gasteiger partial charge >= 0.3 is 0 Å². The molecule has 4 aromatic carbocycles. The van der Waals surface area contributed by atoms with Crippen molar-refractivity contribution in [2.24, 2.45) is 5.41 Å². The molecule has 0 amide bonds. The number of hydrogen-bond donors (Lipinski definition) is 0. The Bertz CT molecular complexity index is 1090. The lowest BCUT2D eigenvalue weighted by Gasteiger charge is -2.40. The van der Waals surface area contributed by atoms with E-state index in [0.29, 0.717) is 5.88 Å². The Kier molecular flexibility index (Phi) is 7.02. The summed E-state index contributed by atoms with van der Waals surface area (Å²) in [6.45, 7) is 6.92. The average molecular weight is 467 g/mol. The normalized spacial score (nSPS) is 12.8. The van der Waals surface area contributed by atoms with Crippen LogP contribution in [0.25, 0.3) is 5.57 Å². The van der Waals surface area contributed by atoms with Gasteiger partial charge in [0, 0.05) is 5.88 Å². The van der Waals surface area contributed by atoms with Crippen molar-refractivity contribution in [2.75, 3.05) is 5.88 Å². The van der Waals surface area contributed by atoms with E-state index in [4.69, 9.17) is 11.6 Å². The molecular formula is C31H31ClSi. The predicted molar refractivity (Wildman–Crippen MR) is 148 cm³/mol. The Morgan fingerprint density at radius 2 is 0.909 bits per heavy atom. The van der Waals surface area contributed by atoms with Crippen molar-refractivity contribution in [3.8, 4) is 0 Å². The van der Waals surface area contributed by atoms with E-state index < -0.39 is 8.07 Å². The Labute approximate surface area is 204 Å². The van der Waals surface area contributed by atoms with E-state index in [0.717, 1.165) is 0 Å². The number of benzene rings is 4. The molecule has 0 unspecified atom stereocenters. The summed E-state index contributed by atoms with van der Waals surface area (Å²) in [7, 11) is -2.66. The number of allylic oxidation sites excluding steroid dienone is 2. The second-order valence-corrected chi connectivity index (χ2v) is 13.6. The maximum absolute atomic E-state index is 7.03. The third kappa shape index (κ3) is 4.49. The molecule has 0 aliphatic carbocycles. The first-order chi connectivity index (χ1) is 16.0. The molecule has 0 N–H and O–H groups in total. The molecule has 0 aromatic heterocycles. The number of alkyl halides is 1. The summed E-state index contributed by atoms with van der Waals surface area (Å²) in [4.78, 5) is 0. The highest BCUT2D eigenvalue weighted by Crippen LogP contribution is 2.40. The first-order valence-electron chi connectivity index (χ1n) is 11.5. The highest BCUT2D eigenvalue weighted by Gasteiger charge is 2.45. The van der Waals surface area contributed by atoms with Crippen molar-refractivity contribution < 1.29 is 0 Å². The molecule has 0 nitrogen and oxygen atoms in total. The van der Waals surface area contributed by atoms with E-state index in [-0.39, 0.29) is 5.41 Å². The van der Waals surface area contributed by atoms with E-state index in [9.17, 15) is 0 Å². The van der Waals surface area contributed by atoms with Crippen LogP contribution < -0.4 is 15.6 Å². The van der Waals surface area contributed by atoms with Gasteiger partial charge in [0.25, 0.3) is 0 Å². The molecule has 0 spiro atoms. The van der Waals surface area contributed by atoms with Gasteiger partial charge in [0.05, 0.1) is 0 Å². The molecule has 0 atom stereocenters. The third-order valence-corrected chi connectivity index (χ3v) is 11.7. The van der Waals surface area contributed by atoms with Crippen molar-refractivity contribution in [3.63, 3.8) is 0 Å². The van der Waals surface area contributed by atoms with Crippen LogP contribution in [0.15, 0.2) is 127 Å². The summed E-state index contributed by atoms with van der Waals surface area (Å²) >= 11 is 7.03. The summed E-state index contributed by atoms with van der Waals surface area (Å²) in [6.07, 6.45) is 0. The van der Waals surface area contributed by atoms with Gasteiger partial charge in [-0.3, -0.25) is 0 Å². The number of halogens is 1. The van der Waals surface area contributed by atoms with Crippen molar-refractivity contribution in [2.45, 2.75) is 20.8 Å². The first-order valence-corrected chi connectivity index (χ1v) is 14.0. The maximum Gasteiger partial charge on any atom is 0.177 e. The second-order valence-electron chi connectivity index (χ2n) is 9.45. The summed E-state index contributed by atoms with van der Waals surface area (Å²) in [6, 6.07) is 43.8. The van der Waals surface area contributed by atoms with Gasteiger partial charge in [-0.15, -0.1) is 11.6 Å². The van der Waals surface area contributed by atoms with Gasteiger partial charge in [0.15, 0.2) is 8.07 Å². The van der Waals surface area contributed by atoms with Crippen LogP contribution in [0.5, 0.6) is 0 Å². The van der Waals surface area contributed by atoms with Gasteiger partial charge in [0.2, 0.25) is 0 Å². The summed E-state index contributed by atoms with van der Waals surface area (Å²) < 4.78 is 0. The van der Waals surface area contributed by atoms with Crippen LogP contribution in [0, 0.1) is 5.41 Å². The predicted octanol–water partition coefficient (Wildman–Crippen LogP) is 6.43. The molecule has 0 fully saturated rings. The maximum atomic E-state index is 7.03. The van der Waals surface area contributed by atoms with Crippen LogP contribution in [0.4, 0.5) is 0 Å². The minimum absolute atomic E-state index is 0.0812. The van der Waals surface area contributed by atoms with Crippen molar-refractivity contribution in [1.82, 2.24) is 0 Å². The SMILES string of the molecule is CC(C)(C)/C(=C(\CCl)[Si](c1ccccc1)(c1ccccc1)c1ccccc1)c1ccccc1. The first kappa shape index (κ1) is 23.3. The minimum Gasteiger partial charge on any atom is -0.122 e. The molecule has 2 heteroatoms. The van der Waals surface area contributed by atoms with Crippen LogP contribution in [-0.2, 0) is 0 Å². The molecule has 0 radical (unpaired) electrons. The van der Waals surface area contributed by atoms with Crippen molar-refractivity contribution in [3.05, 3.63) is 132 Å². The van der Waals surface area contributed by atoms with Gasteiger partial charge in [-0.1, -0.05) is 142 Å². The van der Waals surface area contributed by atoms with Gasteiger partial charge in [-0.2, -0.15) is 0 Å². The molecule has 0 saturated heterocycles. The second kappa shape index (κ2) is 9.95. The smallest absolute Gasteiger partial charge is 0.122 e. The van der Waals surface area contributed by atoms with Crippen LogP contribution in [0.1, 0.15) is 26.3 Å². The zero-order valence-electron chi connectivity index (χ0n) is 19.6. The molecule has 33 heavy (non-hydrogen) atoms. The number of hydrogen-bond acceptors (Lipinski definition) is 0. The van der Waals surface area contributed by atoms with Gasteiger partial charge in [-0.05, 0) is 37.3 Å². The van der Waals surface area contributed by atoms with Crippen LogP contribution >= 0.6 is 11.6 Å². The van der Waals surface area contributed by atoms with Gasteiger partial charge in [-0.25, -0.2) is 0 Å². The van der Waals surface area contributed by atoms with Crippen molar-refractivity contribution in [1.29, 1.82) is 0 Å². The standard InChI is InChI=1S/C31H31ClSi/c1-31(2,3)30(25-16-8-4-9-17-25)29(24-32)33(26-18-10-5-11-19-26,27-20-12-6-13-21-27)28-22-14-7-15-23-28/h4-23H,24H2,1-3H3/b30-29+. The molecule has 4 aromatic rings. The molecule has 0 heterocycles. The fourth-order valence-electron chi connectivity index (χ4n) is 5.11. The van der Waals surface area contributed by atoms with E-state index in [1.807, 2.05) is 0 Å². The van der Waals surface area contributed by atoms with E-state index in [1.54, 1.807) is 0 Å². The van der Waals surface area contributed by atoms with Gasteiger partial charge < -0.3 is 0 Å². The summed E-state index contributed by atoms with van der Waals surface area (Å²) in [5.41, 5.74) is 2.52. The highest BCUT2D eigenvalue weighted by atomic mass is 35.5. The van der Waals surface area contributed by atoms with Crippen LogP contribution in [0.2, 0.25) is 0 Å². The molecule has 0 aliphatic heterocycles. The fourth-order valence-corrected chi connectivity index (χ4v) is 11.1. The Hall–Kier alpha value is -2.87. The quantitative estimate of drug-likeness (QED) is 0.174.